The zero-order valence-corrected chi connectivity index (χ0v) is 17.5. The Morgan fingerprint density at radius 2 is 1.86 bits per heavy atom. The van der Waals surface area contributed by atoms with Crippen LogP contribution < -0.4 is 0 Å². The molecule has 2 fully saturated rings. The minimum atomic E-state index is -0.479. The first-order valence-corrected chi connectivity index (χ1v) is 10.1. The molecule has 2 saturated heterocycles. The summed E-state index contributed by atoms with van der Waals surface area (Å²) in [6, 6.07) is 6.58. The molecule has 1 aromatic carbocycles. The molecule has 1 spiro atoms. The molecule has 5 heteroatoms. The van der Waals surface area contributed by atoms with E-state index in [1.54, 1.807) is 17.0 Å². The van der Waals surface area contributed by atoms with Crippen LogP contribution in [0.15, 0.2) is 36.4 Å². The van der Waals surface area contributed by atoms with Gasteiger partial charge in [-0.25, -0.2) is 9.18 Å². The van der Waals surface area contributed by atoms with Gasteiger partial charge >= 0.3 is 6.09 Å². The van der Waals surface area contributed by atoms with E-state index < -0.39 is 5.60 Å². The van der Waals surface area contributed by atoms with Gasteiger partial charge in [0.2, 0.25) is 0 Å². The number of carbonyl (C=O) groups is 1. The Morgan fingerprint density at radius 1 is 1.25 bits per heavy atom. The Balaban J connectivity index is 1.67. The van der Waals surface area contributed by atoms with Crippen LogP contribution in [-0.4, -0.2) is 36.3 Å². The van der Waals surface area contributed by atoms with Gasteiger partial charge in [-0.15, -0.1) is 0 Å². The predicted molar refractivity (Wildman–Crippen MR) is 107 cm³/mol. The van der Waals surface area contributed by atoms with Crippen molar-refractivity contribution in [3.8, 4) is 0 Å². The van der Waals surface area contributed by atoms with Gasteiger partial charge in [-0.1, -0.05) is 24.3 Å². The maximum atomic E-state index is 13.3. The zero-order valence-electron chi connectivity index (χ0n) is 17.5. The smallest absolute Gasteiger partial charge is 0.410 e. The third kappa shape index (κ3) is 4.75. The van der Waals surface area contributed by atoms with Crippen LogP contribution in [0, 0.1) is 17.2 Å². The largest absolute Gasteiger partial charge is 0.444 e. The van der Waals surface area contributed by atoms with E-state index in [-0.39, 0.29) is 29.3 Å². The standard InChI is InChI=1S/C23H32FNO3/c1-16(2)19-14-23(15-27-20(19)17-6-8-18(24)9-7-17)10-12-25(13-11-23)21(26)28-22(3,4)5/h6-9,19-20H,1,10-15H2,2-5H3/t19-,20-/m1/s1. The fraction of sp³-hybridized carbons (Fsp3) is 0.609. The summed E-state index contributed by atoms with van der Waals surface area (Å²) in [5.41, 5.74) is 1.66. The molecule has 0 radical (unpaired) electrons. The van der Waals surface area contributed by atoms with Crippen molar-refractivity contribution in [2.24, 2.45) is 11.3 Å². The molecule has 4 nitrogen and oxygen atoms in total. The molecule has 1 amide bonds. The minimum Gasteiger partial charge on any atom is -0.444 e. The second-order valence-electron chi connectivity index (χ2n) is 9.41. The number of benzene rings is 1. The number of piperidine rings is 1. The first kappa shape index (κ1) is 20.8. The number of ether oxygens (including phenoxy) is 2. The van der Waals surface area contributed by atoms with E-state index in [9.17, 15) is 9.18 Å². The topological polar surface area (TPSA) is 38.8 Å². The number of hydrogen-bond acceptors (Lipinski definition) is 3. The van der Waals surface area contributed by atoms with Crippen molar-refractivity contribution < 1.29 is 18.7 Å². The maximum absolute atomic E-state index is 13.3. The van der Waals surface area contributed by atoms with Crippen molar-refractivity contribution in [2.75, 3.05) is 19.7 Å². The SMILES string of the molecule is C=C(C)[C@H]1CC2(CCN(C(=O)OC(C)(C)C)CC2)CO[C@@H]1c1ccc(F)cc1. The molecule has 0 N–H and O–H groups in total. The lowest BCUT2D eigenvalue weighted by molar-refractivity contribution is -0.111. The zero-order chi connectivity index (χ0) is 20.5. The van der Waals surface area contributed by atoms with Crippen LogP contribution in [0.2, 0.25) is 0 Å². The van der Waals surface area contributed by atoms with E-state index in [0.29, 0.717) is 19.7 Å². The molecule has 2 aliphatic rings. The van der Waals surface area contributed by atoms with Crippen molar-refractivity contribution in [1.29, 1.82) is 0 Å². The number of rotatable bonds is 2. The van der Waals surface area contributed by atoms with Crippen molar-refractivity contribution in [3.63, 3.8) is 0 Å². The van der Waals surface area contributed by atoms with E-state index in [2.05, 4.69) is 6.58 Å². The number of amides is 1. The highest BCUT2D eigenvalue weighted by Crippen LogP contribution is 2.49. The number of hydrogen-bond donors (Lipinski definition) is 0. The van der Waals surface area contributed by atoms with Crippen LogP contribution in [0.3, 0.4) is 0 Å². The third-order valence-electron chi connectivity index (χ3n) is 5.89. The number of likely N-dealkylation sites (tertiary alicyclic amines) is 1. The monoisotopic (exact) mass is 389 g/mol. The van der Waals surface area contributed by atoms with Crippen LogP contribution in [-0.2, 0) is 9.47 Å². The molecule has 0 unspecified atom stereocenters. The highest BCUT2D eigenvalue weighted by Gasteiger charge is 2.45. The Hall–Kier alpha value is -1.88. The minimum absolute atomic E-state index is 0.0542. The number of halogens is 1. The van der Waals surface area contributed by atoms with Gasteiger partial charge in [-0.3, -0.25) is 0 Å². The Kier molecular flexibility index (Phi) is 5.85. The Morgan fingerprint density at radius 3 is 2.39 bits per heavy atom. The van der Waals surface area contributed by atoms with Gasteiger partial charge < -0.3 is 14.4 Å². The van der Waals surface area contributed by atoms with Crippen LogP contribution >= 0.6 is 0 Å². The van der Waals surface area contributed by atoms with Crippen molar-refractivity contribution in [1.82, 2.24) is 4.90 Å². The van der Waals surface area contributed by atoms with Gasteiger partial charge in [0.25, 0.3) is 0 Å². The third-order valence-corrected chi connectivity index (χ3v) is 5.89. The summed E-state index contributed by atoms with van der Waals surface area (Å²) in [5.74, 6) is -0.0512. The van der Waals surface area contributed by atoms with Crippen molar-refractivity contribution in [3.05, 3.63) is 47.8 Å². The Bertz CT molecular complexity index is 714. The fourth-order valence-corrected chi connectivity index (χ4v) is 4.27. The summed E-state index contributed by atoms with van der Waals surface area (Å²) in [5, 5.41) is 0. The highest BCUT2D eigenvalue weighted by atomic mass is 19.1. The second-order valence-corrected chi connectivity index (χ2v) is 9.41. The molecule has 28 heavy (non-hydrogen) atoms. The van der Waals surface area contributed by atoms with E-state index >= 15 is 0 Å². The molecule has 2 atom stereocenters. The number of nitrogens with zero attached hydrogens (tertiary/aromatic N) is 1. The van der Waals surface area contributed by atoms with E-state index in [0.717, 1.165) is 30.4 Å². The summed E-state index contributed by atoms with van der Waals surface area (Å²) in [7, 11) is 0. The summed E-state index contributed by atoms with van der Waals surface area (Å²) >= 11 is 0. The van der Waals surface area contributed by atoms with Gasteiger partial charge in [0.05, 0.1) is 12.7 Å². The first-order valence-electron chi connectivity index (χ1n) is 10.1. The summed E-state index contributed by atoms with van der Waals surface area (Å²) in [6.07, 6.45) is 2.44. The predicted octanol–water partition coefficient (Wildman–Crippen LogP) is 5.50. The van der Waals surface area contributed by atoms with Gasteiger partial charge in [0.15, 0.2) is 0 Å². The lowest BCUT2D eigenvalue weighted by Gasteiger charge is -2.49. The molecule has 3 rings (SSSR count). The summed E-state index contributed by atoms with van der Waals surface area (Å²) < 4.78 is 25.1. The van der Waals surface area contributed by atoms with Crippen LogP contribution in [0.25, 0.3) is 0 Å². The van der Waals surface area contributed by atoms with Crippen molar-refractivity contribution in [2.45, 2.75) is 58.7 Å². The van der Waals surface area contributed by atoms with Gasteiger partial charge in [0, 0.05) is 19.0 Å². The van der Waals surface area contributed by atoms with Gasteiger partial charge in [-0.2, -0.15) is 0 Å². The molecule has 0 saturated carbocycles. The molecule has 154 valence electrons. The second kappa shape index (κ2) is 7.86. The Labute approximate surface area is 167 Å². The molecule has 0 aliphatic carbocycles. The molecule has 2 aliphatic heterocycles. The quantitative estimate of drug-likeness (QED) is 0.627. The average molecular weight is 390 g/mol. The van der Waals surface area contributed by atoms with E-state index in [4.69, 9.17) is 9.47 Å². The fourth-order valence-electron chi connectivity index (χ4n) is 4.27. The van der Waals surface area contributed by atoms with Gasteiger partial charge in [0.1, 0.15) is 11.4 Å². The van der Waals surface area contributed by atoms with E-state index in [1.165, 1.54) is 12.1 Å². The molecule has 0 aromatic heterocycles. The van der Waals surface area contributed by atoms with Gasteiger partial charge in [-0.05, 0) is 70.1 Å². The molecular formula is C23H32FNO3. The molecular weight excluding hydrogens is 357 g/mol. The van der Waals surface area contributed by atoms with E-state index in [1.807, 2.05) is 27.7 Å². The normalized spacial score (nSPS) is 24.8. The molecule has 1 aromatic rings. The maximum Gasteiger partial charge on any atom is 0.410 e. The van der Waals surface area contributed by atoms with Crippen LogP contribution in [0.4, 0.5) is 9.18 Å². The highest BCUT2D eigenvalue weighted by molar-refractivity contribution is 5.68. The number of carbonyl (C=O) groups excluding carboxylic acids is 1. The average Bonchev–Trinajstić information content (AvgIpc) is 2.62. The first-order chi connectivity index (χ1) is 13.1. The lowest BCUT2D eigenvalue weighted by atomic mass is 9.67. The van der Waals surface area contributed by atoms with Crippen LogP contribution in [0.1, 0.15) is 58.6 Å². The molecule has 0 bridgehead atoms. The molecule has 2 heterocycles. The summed E-state index contributed by atoms with van der Waals surface area (Å²) in [6.45, 7) is 13.9. The lowest BCUT2D eigenvalue weighted by Crippen LogP contribution is -2.49. The summed E-state index contributed by atoms with van der Waals surface area (Å²) in [4.78, 5) is 14.2. The van der Waals surface area contributed by atoms with Crippen molar-refractivity contribution >= 4 is 6.09 Å². The van der Waals surface area contributed by atoms with Crippen LogP contribution in [0.5, 0.6) is 0 Å².